The molecule has 6 heteroatoms. The zero-order chi connectivity index (χ0) is 21.1. The minimum atomic E-state index is -0.0196. The van der Waals surface area contributed by atoms with Crippen molar-refractivity contribution in [3.05, 3.63) is 58.8 Å². The highest BCUT2D eigenvalue weighted by Crippen LogP contribution is 2.29. The van der Waals surface area contributed by atoms with E-state index >= 15 is 0 Å². The number of hydrogen-bond acceptors (Lipinski definition) is 4. The minimum absolute atomic E-state index is 0.0196. The number of aromatic nitrogens is 1. The van der Waals surface area contributed by atoms with Crippen LogP contribution in [0.4, 0.5) is 0 Å². The Labute approximate surface area is 177 Å². The fraction of sp³-hybridized carbons (Fsp3) is 0.458. The summed E-state index contributed by atoms with van der Waals surface area (Å²) >= 11 is 0. The Bertz CT molecular complexity index is 931. The summed E-state index contributed by atoms with van der Waals surface area (Å²) in [6, 6.07) is 8.10. The lowest BCUT2D eigenvalue weighted by atomic mass is 9.96. The average Bonchev–Trinajstić information content (AvgIpc) is 3.43. The van der Waals surface area contributed by atoms with Crippen LogP contribution in [0, 0.1) is 13.8 Å². The van der Waals surface area contributed by atoms with Crippen LogP contribution in [0.1, 0.15) is 64.9 Å². The second-order valence-corrected chi connectivity index (χ2v) is 8.30. The fourth-order valence-electron chi connectivity index (χ4n) is 4.16. The predicted octanol–water partition coefficient (Wildman–Crippen LogP) is 3.95. The second kappa shape index (κ2) is 8.86. The smallest absolute Gasteiger partial charge is 0.276 e. The summed E-state index contributed by atoms with van der Waals surface area (Å²) in [5.41, 5.74) is 2.67. The van der Waals surface area contributed by atoms with Gasteiger partial charge in [-0.15, -0.1) is 0 Å². The molecule has 2 aliphatic rings. The highest BCUT2D eigenvalue weighted by atomic mass is 16.4. The maximum atomic E-state index is 12.7. The summed E-state index contributed by atoms with van der Waals surface area (Å²) in [5.74, 6) is 1.39. The number of rotatable bonds is 4. The number of oxazole rings is 1. The molecule has 2 saturated heterocycles. The Balaban J connectivity index is 1.34. The first-order chi connectivity index (χ1) is 14.5. The van der Waals surface area contributed by atoms with Gasteiger partial charge in [0.15, 0.2) is 11.6 Å². The van der Waals surface area contributed by atoms with Gasteiger partial charge < -0.3 is 14.2 Å². The highest BCUT2D eigenvalue weighted by Gasteiger charge is 2.30. The highest BCUT2D eigenvalue weighted by molar-refractivity contribution is 5.93. The van der Waals surface area contributed by atoms with Crippen molar-refractivity contribution in [2.45, 2.75) is 45.4 Å². The van der Waals surface area contributed by atoms with Gasteiger partial charge in [-0.3, -0.25) is 9.59 Å². The van der Waals surface area contributed by atoms with E-state index in [-0.39, 0.29) is 17.7 Å². The summed E-state index contributed by atoms with van der Waals surface area (Å²) < 4.78 is 5.87. The first-order valence-corrected chi connectivity index (χ1v) is 10.8. The molecule has 3 heterocycles. The zero-order valence-electron chi connectivity index (χ0n) is 17.8. The van der Waals surface area contributed by atoms with Crippen LogP contribution in [0.25, 0.3) is 6.08 Å². The number of carbonyl (C=O) groups is 2. The maximum Gasteiger partial charge on any atom is 0.276 e. The monoisotopic (exact) mass is 407 g/mol. The Hall–Kier alpha value is -2.89. The standard InChI is InChI=1S/C24H29N3O3/c1-17-5-7-19(8-6-17)9-10-21(28)26-15-11-20(12-16-26)23-25-22(18(2)30-23)24(29)27-13-3-4-14-27/h5-10,20H,3-4,11-16H2,1-2H3. The third-order valence-corrected chi connectivity index (χ3v) is 6.06. The van der Waals surface area contributed by atoms with E-state index in [9.17, 15) is 9.59 Å². The fourth-order valence-corrected chi connectivity index (χ4v) is 4.16. The van der Waals surface area contributed by atoms with Gasteiger partial charge in [0.2, 0.25) is 5.91 Å². The number of likely N-dealkylation sites (tertiary alicyclic amines) is 2. The molecule has 0 atom stereocenters. The van der Waals surface area contributed by atoms with E-state index in [4.69, 9.17) is 4.42 Å². The van der Waals surface area contributed by atoms with Crippen molar-refractivity contribution < 1.29 is 14.0 Å². The molecule has 158 valence electrons. The van der Waals surface area contributed by atoms with Gasteiger partial charge in [-0.25, -0.2) is 4.98 Å². The minimum Gasteiger partial charge on any atom is -0.445 e. The zero-order valence-corrected chi connectivity index (χ0v) is 17.8. The van der Waals surface area contributed by atoms with E-state index in [1.165, 1.54) is 5.56 Å². The van der Waals surface area contributed by atoms with Gasteiger partial charge in [0.25, 0.3) is 5.91 Å². The molecule has 0 N–H and O–H groups in total. The Morgan fingerprint density at radius 1 is 1.00 bits per heavy atom. The summed E-state index contributed by atoms with van der Waals surface area (Å²) in [6.07, 6.45) is 7.21. The predicted molar refractivity (Wildman–Crippen MR) is 115 cm³/mol. The van der Waals surface area contributed by atoms with Crippen LogP contribution in [0.15, 0.2) is 34.8 Å². The molecule has 4 rings (SSSR count). The molecule has 0 aliphatic carbocycles. The SMILES string of the molecule is Cc1ccc(C=CC(=O)N2CCC(c3nc(C(=O)N4CCCC4)c(C)o3)CC2)cc1. The summed E-state index contributed by atoms with van der Waals surface area (Å²) in [4.78, 5) is 33.5. The van der Waals surface area contributed by atoms with Crippen molar-refractivity contribution in [1.29, 1.82) is 0 Å². The van der Waals surface area contributed by atoms with Gasteiger partial charge in [0.05, 0.1) is 0 Å². The Morgan fingerprint density at radius 3 is 2.33 bits per heavy atom. The van der Waals surface area contributed by atoms with E-state index in [1.807, 2.05) is 54.0 Å². The molecular formula is C24H29N3O3. The van der Waals surface area contributed by atoms with Crippen LogP contribution in [0.5, 0.6) is 0 Å². The second-order valence-electron chi connectivity index (χ2n) is 8.30. The molecule has 0 spiro atoms. The molecule has 1 aromatic heterocycles. The molecule has 30 heavy (non-hydrogen) atoms. The third-order valence-electron chi connectivity index (χ3n) is 6.06. The van der Waals surface area contributed by atoms with Gasteiger partial charge in [-0.2, -0.15) is 0 Å². The van der Waals surface area contributed by atoms with E-state index in [0.717, 1.165) is 44.3 Å². The summed E-state index contributed by atoms with van der Waals surface area (Å²) in [6.45, 7) is 6.79. The molecule has 0 unspecified atom stereocenters. The van der Waals surface area contributed by atoms with Gasteiger partial charge in [-0.05, 0) is 51.2 Å². The quantitative estimate of drug-likeness (QED) is 0.720. The molecule has 2 aliphatic heterocycles. The van der Waals surface area contributed by atoms with Crippen molar-refractivity contribution in [1.82, 2.24) is 14.8 Å². The summed E-state index contributed by atoms with van der Waals surface area (Å²) in [5, 5.41) is 0. The van der Waals surface area contributed by atoms with Gasteiger partial charge in [0, 0.05) is 38.2 Å². The van der Waals surface area contributed by atoms with E-state index in [0.29, 0.717) is 30.4 Å². The van der Waals surface area contributed by atoms with Crippen molar-refractivity contribution in [3.8, 4) is 0 Å². The van der Waals surface area contributed by atoms with Gasteiger partial charge in [-0.1, -0.05) is 29.8 Å². The first-order valence-electron chi connectivity index (χ1n) is 10.8. The molecule has 0 bridgehead atoms. The number of hydrogen-bond donors (Lipinski definition) is 0. The van der Waals surface area contributed by atoms with E-state index < -0.39 is 0 Å². The van der Waals surface area contributed by atoms with Crippen LogP contribution >= 0.6 is 0 Å². The molecule has 2 fully saturated rings. The van der Waals surface area contributed by atoms with Crippen molar-refractivity contribution in [2.24, 2.45) is 0 Å². The number of benzene rings is 1. The number of nitrogens with zero attached hydrogens (tertiary/aromatic N) is 3. The van der Waals surface area contributed by atoms with Crippen LogP contribution < -0.4 is 0 Å². The lowest BCUT2D eigenvalue weighted by Crippen LogP contribution is -2.37. The van der Waals surface area contributed by atoms with Crippen molar-refractivity contribution in [3.63, 3.8) is 0 Å². The lowest BCUT2D eigenvalue weighted by molar-refractivity contribution is -0.127. The van der Waals surface area contributed by atoms with Crippen molar-refractivity contribution >= 4 is 17.9 Å². The molecular weight excluding hydrogens is 378 g/mol. The van der Waals surface area contributed by atoms with Crippen LogP contribution in [-0.2, 0) is 4.79 Å². The van der Waals surface area contributed by atoms with Gasteiger partial charge >= 0.3 is 0 Å². The molecule has 2 aromatic rings. The number of piperidine rings is 1. The normalized spacial score (nSPS) is 17.8. The number of carbonyl (C=O) groups excluding carboxylic acids is 2. The van der Waals surface area contributed by atoms with Gasteiger partial charge in [0.1, 0.15) is 5.76 Å². The van der Waals surface area contributed by atoms with E-state index in [2.05, 4.69) is 4.98 Å². The Kier molecular flexibility index (Phi) is 6.02. The molecule has 1 aromatic carbocycles. The molecule has 6 nitrogen and oxygen atoms in total. The lowest BCUT2D eigenvalue weighted by Gasteiger charge is -2.29. The topological polar surface area (TPSA) is 66.7 Å². The Morgan fingerprint density at radius 2 is 1.67 bits per heavy atom. The summed E-state index contributed by atoms with van der Waals surface area (Å²) in [7, 11) is 0. The van der Waals surface area contributed by atoms with Crippen LogP contribution in [0.3, 0.4) is 0 Å². The van der Waals surface area contributed by atoms with E-state index in [1.54, 1.807) is 6.08 Å². The molecule has 0 radical (unpaired) electrons. The van der Waals surface area contributed by atoms with Crippen LogP contribution in [-0.4, -0.2) is 52.8 Å². The number of aryl methyl sites for hydroxylation is 2. The number of amides is 2. The molecule has 0 saturated carbocycles. The van der Waals surface area contributed by atoms with Crippen LogP contribution in [0.2, 0.25) is 0 Å². The molecule has 2 amide bonds. The maximum absolute atomic E-state index is 12.7. The average molecular weight is 408 g/mol. The third kappa shape index (κ3) is 4.48. The largest absolute Gasteiger partial charge is 0.445 e. The first kappa shape index (κ1) is 20.4. The van der Waals surface area contributed by atoms with Crippen molar-refractivity contribution in [2.75, 3.05) is 26.2 Å².